The van der Waals surface area contributed by atoms with Gasteiger partial charge < -0.3 is 15.2 Å². The highest BCUT2D eigenvalue weighted by atomic mass is 32.1. The highest BCUT2D eigenvalue weighted by molar-refractivity contribution is 7.07. The van der Waals surface area contributed by atoms with Crippen molar-refractivity contribution in [3.63, 3.8) is 0 Å². The Labute approximate surface area is 97.5 Å². The number of nitrogens with one attached hydrogen (secondary N) is 1. The number of carbonyl (C=O) groups excluding carboxylic acids is 1. The first-order chi connectivity index (χ1) is 7.75. The summed E-state index contributed by atoms with van der Waals surface area (Å²) in [5.74, 6) is -0.100. The second kappa shape index (κ2) is 5.38. The van der Waals surface area contributed by atoms with Gasteiger partial charge in [0, 0.05) is 12.0 Å². The lowest BCUT2D eigenvalue weighted by molar-refractivity contribution is -0.123. The number of aliphatic hydroxyl groups excluding tert-OH is 1. The first-order valence-corrected chi connectivity index (χ1v) is 6.12. The standard InChI is InChI=1S/C10H14N2O3S/c13-9-4-15-2-1-8(9)12-10(14)3-7-5-16-6-11-7/h5-6,8-9,13H,1-4H2,(H,12,14)/t8-,9-/m1/s1. The minimum absolute atomic E-state index is 0.100. The summed E-state index contributed by atoms with van der Waals surface area (Å²) in [6.45, 7) is 0.875. The maximum absolute atomic E-state index is 11.6. The third-order valence-electron chi connectivity index (χ3n) is 2.50. The van der Waals surface area contributed by atoms with Crippen molar-refractivity contribution in [1.82, 2.24) is 10.3 Å². The Hall–Kier alpha value is -0.980. The fourth-order valence-corrected chi connectivity index (χ4v) is 2.20. The first kappa shape index (κ1) is 11.5. The van der Waals surface area contributed by atoms with Crippen LogP contribution in [0.4, 0.5) is 0 Å². The summed E-state index contributed by atoms with van der Waals surface area (Å²) in [7, 11) is 0. The van der Waals surface area contributed by atoms with E-state index in [1.54, 1.807) is 5.51 Å². The van der Waals surface area contributed by atoms with Crippen LogP contribution in [0.2, 0.25) is 0 Å². The summed E-state index contributed by atoms with van der Waals surface area (Å²) in [4.78, 5) is 15.7. The number of nitrogens with zero attached hydrogens (tertiary/aromatic N) is 1. The predicted molar refractivity (Wildman–Crippen MR) is 59.2 cm³/mol. The third-order valence-corrected chi connectivity index (χ3v) is 3.13. The number of amides is 1. The zero-order valence-corrected chi connectivity index (χ0v) is 9.57. The van der Waals surface area contributed by atoms with Gasteiger partial charge in [0.25, 0.3) is 0 Å². The fourth-order valence-electron chi connectivity index (χ4n) is 1.64. The molecule has 88 valence electrons. The molecule has 2 atom stereocenters. The van der Waals surface area contributed by atoms with Crippen LogP contribution in [-0.2, 0) is 16.0 Å². The Morgan fingerprint density at radius 3 is 3.31 bits per heavy atom. The lowest BCUT2D eigenvalue weighted by Crippen LogP contribution is -2.49. The van der Waals surface area contributed by atoms with Gasteiger partial charge in [0.1, 0.15) is 0 Å². The fraction of sp³-hybridized carbons (Fsp3) is 0.600. The van der Waals surface area contributed by atoms with Crippen molar-refractivity contribution in [2.24, 2.45) is 0 Å². The topological polar surface area (TPSA) is 71.5 Å². The average molecular weight is 242 g/mol. The van der Waals surface area contributed by atoms with Crippen molar-refractivity contribution in [3.8, 4) is 0 Å². The molecule has 16 heavy (non-hydrogen) atoms. The number of aliphatic hydroxyl groups is 1. The average Bonchev–Trinajstić information content (AvgIpc) is 2.74. The van der Waals surface area contributed by atoms with Gasteiger partial charge in [0.05, 0.1) is 36.4 Å². The van der Waals surface area contributed by atoms with E-state index in [9.17, 15) is 9.90 Å². The number of ether oxygens (including phenoxy) is 1. The second-order valence-electron chi connectivity index (χ2n) is 3.76. The Morgan fingerprint density at radius 2 is 2.62 bits per heavy atom. The highest BCUT2D eigenvalue weighted by Crippen LogP contribution is 2.08. The van der Waals surface area contributed by atoms with Crippen LogP contribution in [0.15, 0.2) is 10.9 Å². The van der Waals surface area contributed by atoms with Crippen molar-refractivity contribution in [1.29, 1.82) is 0 Å². The molecule has 1 aromatic heterocycles. The molecule has 1 aliphatic heterocycles. The quantitative estimate of drug-likeness (QED) is 0.779. The lowest BCUT2D eigenvalue weighted by Gasteiger charge is -2.28. The van der Waals surface area contributed by atoms with Crippen LogP contribution in [0.25, 0.3) is 0 Å². The molecule has 0 aliphatic carbocycles. The van der Waals surface area contributed by atoms with Gasteiger partial charge in [-0.1, -0.05) is 0 Å². The monoisotopic (exact) mass is 242 g/mol. The number of aromatic nitrogens is 1. The van der Waals surface area contributed by atoms with Crippen LogP contribution in [0.1, 0.15) is 12.1 Å². The SMILES string of the molecule is O=C(Cc1cscn1)N[C@@H]1CCOC[C@H]1O. The van der Waals surface area contributed by atoms with Crippen molar-refractivity contribution in [2.75, 3.05) is 13.2 Å². The Morgan fingerprint density at radius 1 is 1.75 bits per heavy atom. The number of thiazole rings is 1. The van der Waals surface area contributed by atoms with Crippen LogP contribution >= 0.6 is 11.3 Å². The van der Waals surface area contributed by atoms with E-state index in [-0.39, 0.29) is 18.4 Å². The van der Waals surface area contributed by atoms with Gasteiger partial charge in [-0.3, -0.25) is 4.79 Å². The highest BCUT2D eigenvalue weighted by Gasteiger charge is 2.25. The molecule has 0 unspecified atom stereocenters. The molecule has 0 radical (unpaired) electrons. The molecule has 0 spiro atoms. The van der Waals surface area contributed by atoms with Crippen molar-refractivity contribution >= 4 is 17.2 Å². The van der Waals surface area contributed by atoms with E-state index in [1.165, 1.54) is 11.3 Å². The summed E-state index contributed by atoms with van der Waals surface area (Å²) in [6, 6.07) is -0.195. The zero-order chi connectivity index (χ0) is 11.4. The predicted octanol–water partition coefficient (Wildman–Crippen LogP) is -0.0484. The van der Waals surface area contributed by atoms with Gasteiger partial charge in [-0.05, 0) is 6.42 Å². The van der Waals surface area contributed by atoms with Crippen molar-refractivity contribution < 1.29 is 14.6 Å². The van der Waals surface area contributed by atoms with Crippen LogP contribution in [0, 0.1) is 0 Å². The minimum Gasteiger partial charge on any atom is -0.389 e. The van der Waals surface area contributed by atoms with E-state index in [2.05, 4.69) is 10.3 Å². The van der Waals surface area contributed by atoms with Gasteiger partial charge in [0.15, 0.2) is 0 Å². The van der Waals surface area contributed by atoms with Crippen LogP contribution in [0.5, 0.6) is 0 Å². The molecule has 2 rings (SSSR count). The van der Waals surface area contributed by atoms with Gasteiger partial charge in [-0.15, -0.1) is 11.3 Å². The van der Waals surface area contributed by atoms with E-state index in [1.807, 2.05) is 5.38 Å². The van der Waals surface area contributed by atoms with E-state index in [4.69, 9.17) is 4.74 Å². The molecular formula is C10H14N2O3S. The Kier molecular flexibility index (Phi) is 3.87. The number of hydrogen-bond donors (Lipinski definition) is 2. The minimum atomic E-state index is -0.604. The third kappa shape index (κ3) is 3.01. The van der Waals surface area contributed by atoms with E-state index >= 15 is 0 Å². The maximum Gasteiger partial charge on any atom is 0.226 e. The van der Waals surface area contributed by atoms with Gasteiger partial charge in [-0.25, -0.2) is 4.98 Å². The van der Waals surface area contributed by atoms with Crippen LogP contribution in [0.3, 0.4) is 0 Å². The number of hydrogen-bond acceptors (Lipinski definition) is 5. The molecule has 2 N–H and O–H groups in total. The number of carbonyl (C=O) groups is 1. The van der Waals surface area contributed by atoms with Gasteiger partial charge in [0.2, 0.25) is 5.91 Å². The number of rotatable bonds is 3. The Balaban J connectivity index is 1.82. The van der Waals surface area contributed by atoms with Crippen molar-refractivity contribution in [2.45, 2.75) is 25.0 Å². The zero-order valence-electron chi connectivity index (χ0n) is 8.76. The first-order valence-electron chi connectivity index (χ1n) is 5.18. The molecule has 0 aromatic carbocycles. The van der Waals surface area contributed by atoms with Gasteiger partial charge in [-0.2, -0.15) is 0 Å². The maximum atomic E-state index is 11.6. The smallest absolute Gasteiger partial charge is 0.226 e. The molecule has 1 aliphatic rings. The molecule has 2 heterocycles. The summed E-state index contributed by atoms with van der Waals surface area (Å²) in [6.07, 6.45) is 0.325. The normalized spacial score (nSPS) is 25.3. The molecular weight excluding hydrogens is 228 g/mol. The second-order valence-corrected chi connectivity index (χ2v) is 4.48. The summed E-state index contributed by atoms with van der Waals surface area (Å²) in [5, 5.41) is 14.2. The summed E-state index contributed by atoms with van der Waals surface area (Å²) < 4.78 is 5.09. The van der Waals surface area contributed by atoms with Gasteiger partial charge >= 0.3 is 0 Å². The molecule has 6 heteroatoms. The van der Waals surface area contributed by atoms with E-state index in [0.717, 1.165) is 5.69 Å². The lowest BCUT2D eigenvalue weighted by atomic mass is 10.1. The van der Waals surface area contributed by atoms with Crippen LogP contribution in [-0.4, -0.2) is 41.4 Å². The Bertz CT molecular complexity index is 342. The molecule has 5 nitrogen and oxygen atoms in total. The summed E-state index contributed by atoms with van der Waals surface area (Å²) >= 11 is 1.47. The molecule has 1 fully saturated rings. The molecule has 1 aromatic rings. The molecule has 0 bridgehead atoms. The largest absolute Gasteiger partial charge is 0.389 e. The van der Waals surface area contributed by atoms with E-state index in [0.29, 0.717) is 19.6 Å². The van der Waals surface area contributed by atoms with E-state index < -0.39 is 6.10 Å². The summed E-state index contributed by atoms with van der Waals surface area (Å²) in [5.41, 5.74) is 2.47. The molecule has 1 amide bonds. The molecule has 1 saturated heterocycles. The van der Waals surface area contributed by atoms with Crippen LogP contribution < -0.4 is 5.32 Å². The molecule has 0 saturated carbocycles. The van der Waals surface area contributed by atoms with Crippen molar-refractivity contribution in [3.05, 3.63) is 16.6 Å².